The zero-order valence-electron chi connectivity index (χ0n) is 9.15. The number of Topliss-reactive ketones (excluding diaryl/α,β-unsaturated/α-hetero) is 1. The molecule has 1 heterocycles. The van der Waals surface area contributed by atoms with Crippen LogP contribution >= 0.6 is 0 Å². The molecule has 0 fully saturated rings. The number of rotatable bonds is 7. The topological polar surface area (TPSA) is 80.5 Å². The van der Waals surface area contributed by atoms with Gasteiger partial charge in [-0.3, -0.25) is 19.3 Å². The SMILES string of the molecule is NCC(=O)CCCCCN1C(=O)C=CC1=O. The number of amides is 2. The second kappa shape index (κ2) is 6.17. The maximum Gasteiger partial charge on any atom is 0.253 e. The number of unbranched alkanes of at least 4 members (excludes halogenated alkanes) is 2. The van der Waals surface area contributed by atoms with Crippen LogP contribution in [0.4, 0.5) is 0 Å². The number of carbonyl (C=O) groups excluding carboxylic acids is 3. The van der Waals surface area contributed by atoms with Crippen molar-refractivity contribution in [1.29, 1.82) is 0 Å². The Labute approximate surface area is 94.3 Å². The Morgan fingerprint density at radius 1 is 1.12 bits per heavy atom. The standard InChI is InChI=1S/C11H16N2O3/c12-8-9(14)4-2-1-3-7-13-10(15)5-6-11(13)16/h5-6H,1-4,7-8,12H2. The van der Waals surface area contributed by atoms with Crippen molar-refractivity contribution in [1.82, 2.24) is 4.90 Å². The van der Waals surface area contributed by atoms with Gasteiger partial charge in [0.15, 0.2) is 0 Å². The number of carbonyl (C=O) groups is 3. The second-order valence-corrected chi connectivity index (χ2v) is 3.71. The smallest absolute Gasteiger partial charge is 0.253 e. The van der Waals surface area contributed by atoms with Gasteiger partial charge in [0.2, 0.25) is 0 Å². The van der Waals surface area contributed by atoms with E-state index in [4.69, 9.17) is 5.73 Å². The molecule has 0 aromatic rings. The molecule has 0 spiro atoms. The van der Waals surface area contributed by atoms with Crippen LogP contribution in [0.2, 0.25) is 0 Å². The summed E-state index contributed by atoms with van der Waals surface area (Å²) in [7, 11) is 0. The molecule has 2 N–H and O–H groups in total. The molecule has 0 saturated heterocycles. The van der Waals surface area contributed by atoms with Gasteiger partial charge < -0.3 is 5.73 Å². The molecular weight excluding hydrogens is 208 g/mol. The van der Waals surface area contributed by atoms with E-state index < -0.39 is 0 Å². The fourth-order valence-electron chi connectivity index (χ4n) is 1.52. The third kappa shape index (κ3) is 3.58. The molecule has 0 aromatic heterocycles. The third-order valence-corrected chi connectivity index (χ3v) is 2.47. The number of imide groups is 1. The molecule has 0 atom stereocenters. The van der Waals surface area contributed by atoms with Crippen LogP contribution in [-0.2, 0) is 14.4 Å². The van der Waals surface area contributed by atoms with Crippen LogP contribution < -0.4 is 5.73 Å². The zero-order valence-corrected chi connectivity index (χ0v) is 9.15. The van der Waals surface area contributed by atoms with Crippen LogP contribution in [0, 0.1) is 0 Å². The van der Waals surface area contributed by atoms with Crippen molar-refractivity contribution in [2.45, 2.75) is 25.7 Å². The first-order valence-corrected chi connectivity index (χ1v) is 5.40. The van der Waals surface area contributed by atoms with Gasteiger partial charge in [-0.2, -0.15) is 0 Å². The fourth-order valence-corrected chi connectivity index (χ4v) is 1.52. The molecular formula is C11H16N2O3. The molecule has 1 rings (SSSR count). The molecule has 0 radical (unpaired) electrons. The Morgan fingerprint density at radius 3 is 2.31 bits per heavy atom. The minimum Gasteiger partial charge on any atom is -0.324 e. The Kier molecular flexibility index (Phi) is 4.85. The first-order chi connectivity index (χ1) is 7.65. The van der Waals surface area contributed by atoms with Crippen molar-refractivity contribution >= 4 is 17.6 Å². The van der Waals surface area contributed by atoms with E-state index in [0.29, 0.717) is 13.0 Å². The van der Waals surface area contributed by atoms with Gasteiger partial charge in [0.05, 0.1) is 6.54 Å². The first-order valence-electron chi connectivity index (χ1n) is 5.40. The van der Waals surface area contributed by atoms with Crippen molar-refractivity contribution in [2.24, 2.45) is 5.73 Å². The fraction of sp³-hybridized carbons (Fsp3) is 0.545. The highest BCUT2D eigenvalue weighted by atomic mass is 16.2. The van der Waals surface area contributed by atoms with Crippen molar-refractivity contribution in [2.75, 3.05) is 13.1 Å². The van der Waals surface area contributed by atoms with Gasteiger partial charge in [-0.1, -0.05) is 6.42 Å². The number of ketones is 1. The summed E-state index contributed by atoms with van der Waals surface area (Å²) in [6, 6.07) is 0. The maximum absolute atomic E-state index is 11.2. The molecule has 0 saturated carbocycles. The van der Waals surface area contributed by atoms with Gasteiger partial charge in [-0.25, -0.2) is 0 Å². The normalized spacial score (nSPS) is 14.9. The summed E-state index contributed by atoms with van der Waals surface area (Å²) in [5.74, 6) is -0.443. The summed E-state index contributed by atoms with van der Waals surface area (Å²) >= 11 is 0. The molecule has 0 aromatic carbocycles. The lowest BCUT2D eigenvalue weighted by Gasteiger charge is -2.12. The van der Waals surface area contributed by atoms with E-state index in [2.05, 4.69) is 0 Å². The van der Waals surface area contributed by atoms with E-state index in [9.17, 15) is 14.4 Å². The summed E-state index contributed by atoms with van der Waals surface area (Å²) in [6.45, 7) is 0.522. The molecule has 5 nitrogen and oxygen atoms in total. The van der Waals surface area contributed by atoms with Crippen LogP contribution in [0.15, 0.2) is 12.2 Å². The predicted molar refractivity (Wildman–Crippen MR) is 58.4 cm³/mol. The molecule has 0 bridgehead atoms. The van der Waals surface area contributed by atoms with Gasteiger partial charge in [-0.15, -0.1) is 0 Å². The Balaban J connectivity index is 2.10. The van der Waals surface area contributed by atoms with Gasteiger partial charge in [0, 0.05) is 25.1 Å². The Hall–Kier alpha value is -1.49. The molecule has 0 unspecified atom stereocenters. The van der Waals surface area contributed by atoms with Crippen LogP contribution in [0.1, 0.15) is 25.7 Å². The van der Waals surface area contributed by atoms with E-state index in [1.54, 1.807) is 0 Å². The van der Waals surface area contributed by atoms with E-state index in [-0.39, 0.29) is 24.1 Å². The highest BCUT2D eigenvalue weighted by molar-refractivity contribution is 6.12. The van der Waals surface area contributed by atoms with Crippen LogP contribution in [-0.4, -0.2) is 35.6 Å². The zero-order chi connectivity index (χ0) is 12.0. The third-order valence-electron chi connectivity index (χ3n) is 2.47. The van der Waals surface area contributed by atoms with E-state index >= 15 is 0 Å². The van der Waals surface area contributed by atoms with E-state index in [0.717, 1.165) is 19.3 Å². The van der Waals surface area contributed by atoms with E-state index in [1.807, 2.05) is 0 Å². The maximum atomic E-state index is 11.2. The monoisotopic (exact) mass is 224 g/mol. The quantitative estimate of drug-likeness (QED) is 0.487. The van der Waals surface area contributed by atoms with Gasteiger partial charge >= 0.3 is 0 Å². The highest BCUT2D eigenvalue weighted by Gasteiger charge is 2.22. The van der Waals surface area contributed by atoms with Crippen LogP contribution in [0.5, 0.6) is 0 Å². The second-order valence-electron chi connectivity index (χ2n) is 3.71. The van der Waals surface area contributed by atoms with Gasteiger partial charge in [0.25, 0.3) is 11.8 Å². The molecule has 5 heteroatoms. The lowest BCUT2D eigenvalue weighted by atomic mass is 10.1. The molecule has 1 aliphatic heterocycles. The number of hydrogen-bond donors (Lipinski definition) is 1. The van der Waals surface area contributed by atoms with Crippen molar-refractivity contribution in [3.05, 3.63) is 12.2 Å². The molecule has 2 amide bonds. The summed E-state index contributed by atoms with van der Waals surface area (Å²) in [4.78, 5) is 34.4. The Morgan fingerprint density at radius 2 is 1.75 bits per heavy atom. The van der Waals surface area contributed by atoms with Gasteiger partial charge in [0.1, 0.15) is 5.78 Å². The molecule has 16 heavy (non-hydrogen) atoms. The number of hydrogen-bond acceptors (Lipinski definition) is 4. The molecule has 88 valence electrons. The summed E-state index contributed by atoms with van der Waals surface area (Å²) in [5, 5.41) is 0. The average molecular weight is 224 g/mol. The van der Waals surface area contributed by atoms with Crippen molar-refractivity contribution in [3.8, 4) is 0 Å². The van der Waals surface area contributed by atoms with Crippen molar-refractivity contribution < 1.29 is 14.4 Å². The average Bonchev–Trinajstić information content (AvgIpc) is 2.59. The number of nitrogens with two attached hydrogens (primary N) is 1. The predicted octanol–water partition coefficient (Wildman–Crippen LogP) is -0.000400. The Bertz CT molecular complexity index is 305. The van der Waals surface area contributed by atoms with Crippen LogP contribution in [0.25, 0.3) is 0 Å². The minimum atomic E-state index is -0.247. The number of nitrogens with zero attached hydrogens (tertiary/aromatic N) is 1. The summed E-state index contributed by atoms with van der Waals surface area (Å²) < 4.78 is 0. The lowest BCUT2D eigenvalue weighted by molar-refractivity contribution is -0.136. The van der Waals surface area contributed by atoms with Crippen molar-refractivity contribution in [3.63, 3.8) is 0 Å². The van der Waals surface area contributed by atoms with E-state index in [1.165, 1.54) is 17.1 Å². The lowest BCUT2D eigenvalue weighted by Crippen LogP contribution is -2.30. The summed E-state index contributed by atoms with van der Waals surface area (Å²) in [5.41, 5.74) is 5.17. The highest BCUT2D eigenvalue weighted by Crippen LogP contribution is 2.07. The minimum absolute atomic E-state index is 0.0509. The largest absolute Gasteiger partial charge is 0.324 e. The molecule has 0 aliphatic carbocycles. The first kappa shape index (κ1) is 12.6. The summed E-state index contributed by atoms with van der Waals surface area (Å²) in [6.07, 6.45) is 5.36. The van der Waals surface area contributed by atoms with Crippen LogP contribution in [0.3, 0.4) is 0 Å². The molecule has 1 aliphatic rings. The van der Waals surface area contributed by atoms with Gasteiger partial charge in [-0.05, 0) is 12.8 Å².